The molecule has 0 spiro atoms. The van der Waals surface area contributed by atoms with Crippen LogP contribution in [0.4, 0.5) is 10.5 Å². The van der Waals surface area contributed by atoms with Crippen molar-refractivity contribution in [2.24, 2.45) is 0 Å². The number of ether oxygens (including phenoxy) is 1. The van der Waals surface area contributed by atoms with Gasteiger partial charge < -0.3 is 19.4 Å². The molecular weight excluding hydrogens is 488 g/mol. The summed E-state index contributed by atoms with van der Waals surface area (Å²) in [5, 5.41) is 22.0. The number of rotatable bonds is 10. The second-order valence-corrected chi connectivity index (χ2v) is 15.8. The molecule has 12 heteroatoms. The molecule has 1 N–H and O–H groups in total. The van der Waals surface area contributed by atoms with Crippen molar-refractivity contribution in [3.8, 4) is 6.07 Å². The molecule has 0 radical (unpaired) electrons. The number of likely N-dealkylation sites (tertiary alicyclic amines) is 1. The standard InChI is InChI=1S/C23H34N4O6SSi/c1-23(2,3)35(4,5)33-20-12-19(15-34-16-21(28)25-11-10-24)26(13-20)22(29)32-14-17-6-8-18(9-7-17)27(30)31/h6-9,19-20H,11-16H2,1-5H3,(H,25,28). The van der Waals surface area contributed by atoms with E-state index in [1.807, 2.05) is 6.07 Å². The number of benzene rings is 1. The first-order valence-electron chi connectivity index (χ1n) is 11.4. The van der Waals surface area contributed by atoms with Gasteiger partial charge in [0.2, 0.25) is 5.91 Å². The maximum Gasteiger partial charge on any atom is 0.410 e. The normalized spacial score (nSPS) is 18.1. The Bertz CT molecular complexity index is 945. The van der Waals surface area contributed by atoms with Crippen molar-refractivity contribution in [1.82, 2.24) is 10.2 Å². The van der Waals surface area contributed by atoms with Crippen LogP contribution in [0.1, 0.15) is 32.8 Å². The fourth-order valence-corrected chi connectivity index (χ4v) is 5.70. The van der Waals surface area contributed by atoms with Gasteiger partial charge in [-0.1, -0.05) is 20.8 Å². The van der Waals surface area contributed by atoms with Crippen molar-refractivity contribution in [2.45, 2.75) is 64.1 Å². The van der Waals surface area contributed by atoms with Crippen molar-refractivity contribution in [3.63, 3.8) is 0 Å². The third-order valence-corrected chi connectivity index (χ3v) is 11.9. The SMILES string of the molecule is CC(C)(C)[Si](C)(C)OC1CC(CSCC(=O)NCC#N)N(C(=O)OCc2ccc([N+](=O)[O-])cc2)C1. The minimum Gasteiger partial charge on any atom is -0.445 e. The van der Waals surface area contributed by atoms with E-state index in [9.17, 15) is 19.7 Å². The summed E-state index contributed by atoms with van der Waals surface area (Å²) in [4.78, 5) is 36.8. The summed E-state index contributed by atoms with van der Waals surface area (Å²) in [7, 11) is -2.05. The average molecular weight is 523 g/mol. The molecule has 2 atom stereocenters. The lowest BCUT2D eigenvalue weighted by molar-refractivity contribution is -0.384. The lowest BCUT2D eigenvalue weighted by atomic mass is 10.2. The number of thioether (sulfide) groups is 1. The third-order valence-electron chi connectivity index (χ3n) is 6.30. The smallest absolute Gasteiger partial charge is 0.410 e. The van der Waals surface area contributed by atoms with E-state index in [1.165, 1.54) is 23.9 Å². The van der Waals surface area contributed by atoms with Crippen molar-refractivity contribution in [2.75, 3.05) is 24.6 Å². The minimum absolute atomic E-state index is 0.00247. The Morgan fingerprint density at radius 3 is 2.54 bits per heavy atom. The summed E-state index contributed by atoms with van der Waals surface area (Å²) in [5.74, 6) is 0.498. The molecule has 1 aliphatic heterocycles. The van der Waals surface area contributed by atoms with Crippen LogP contribution in [-0.4, -0.2) is 66.9 Å². The van der Waals surface area contributed by atoms with E-state index in [0.717, 1.165) is 0 Å². The minimum atomic E-state index is -2.05. The average Bonchev–Trinajstić information content (AvgIpc) is 3.17. The van der Waals surface area contributed by atoms with E-state index in [4.69, 9.17) is 14.4 Å². The number of carbonyl (C=O) groups is 2. The summed E-state index contributed by atoms with van der Waals surface area (Å²) in [5.41, 5.74) is 0.624. The van der Waals surface area contributed by atoms with Gasteiger partial charge in [0, 0.05) is 30.5 Å². The van der Waals surface area contributed by atoms with Gasteiger partial charge in [-0.3, -0.25) is 14.9 Å². The van der Waals surface area contributed by atoms with E-state index >= 15 is 0 Å². The Hall–Kier alpha value is -2.62. The highest BCUT2D eigenvalue weighted by Gasteiger charge is 2.44. The summed E-state index contributed by atoms with van der Waals surface area (Å²) in [6.07, 6.45) is 0.0384. The predicted molar refractivity (Wildman–Crippen MR) is 136 cm³/mol. The van der Waals surface area contributed by atoms with E-state index in [1.54, 1.807) is 17.0 Å². The molecule has 10 nitrogen and oxygen atoms in total. The number of nitrogens with zero attached hydrogens (tertiary/aromatic N) is 3. The maximum absolute atomic E-state index is 13.0. The van der Waals surface area contributed by atoms with Crippen LogP contribution in [0.3, 0.4) is 0 Å². The van der Waals surface area contributed by atoms with E-state index in [0.29, 0.717) is 24.3 Å². The number of nitro benzene ring substituents is 1. The van der Waals surface area contributed by atoms with Gasteiger partial charge >= 0.3 is 6.09 Å². The second kappa shape index (κ2) is 12.4. The van der Waals surface area contributed by atoms with Crippen molar-refractivity contribution >= 4 is 37.8 Å². The number of hydrogen-bond acceptors (Lipinski definition) is 8. The Balaban J connectivity index is 2.02. The molecule has 35 heavy (non-hydrogen) atoms. The first kappa shape index (κ1) is 28.6. The summed E-state index contributed by atoms with van der Waals surface area (Å²) in [6.45, 7) is 11.2. The second-order valence-electron chi connectivity index (χ2n) is 9.97. The lowest BCUT2D eigenvalue weighted by Gasteiger charge is -2.38. The van der Waals surface area contributed by atoms with Crippen molar-refractivity contribution < 1.29 is 23.7 Å². The van der Waals surface area contributed by atoms with Gasteiger partial charge in [0.15, 0.2) is 8.32 Å². The van der Waals surface area contributed by atoms with Crippen LogP contribution < -0.4 is 5.32 Å². The monoisotopic (exact) mass is 522 g/mol. The lowest BCUT2D eigenvalue weighted by Crippen LogP contribution is -2.44. The highest BCUT2D eigenvalue weighted by molar-refractivity contribution is 8.00. The number of hydrogen-bond donors (Lipinski definition) is 1. The molecule has 1 fully saturated rings. The summed E-state index contributed by atoms with van der Waals surface area (Å²) < 4.78 is 12.1. The zero-order valence-corrected chi connectivity index (χ0v) is 22.7. The maximum atomic E-state index is 13.0. The molecule has 1 heterocycles. The fraction of sp³-hybridized carbons (Fsp3) is 0.609. The molecule has 0 saturated carbocycles. The third kappa shape index (κ3) is 8.52. The van der Waals surface area contributed by atoms with Crippen LogP contribution in [0.5, 0.6) is 0 Å². The quantitative estimate of drug-likeness (QED) is 0.210. The number of nitrogens with one attached hydrogen (secondary N) is 1. The number of carbonyl (C=O) groups excluding carboxylic acids is 2. The zero-order chi connectivity index (χ0) is 26.2. The van der Waals surface area contributed by atoms with E-state index in [-0.39, 0.29) is 47.7 Å². The molecular formula is C23H34N4O6SSi. The molecule has 0 aromatic heterocycles. The molecule has 2 unspecified atom stereocenters. The summed E-state index contributed by atoms with van der Waals surface area (Å²) >= 11 is 1.40. The van der Waals surface area contributed by atoms with Crippen LogP contribution >= 0.6 is 11.8 Å². The Kier molecular flexibility index (Phi) is 10.1. The topological polar surface area (TPSA) is 135 Å². The van der Waals surface area contributed by atoms with Crippen LogP contribution in [0, 0.1) is 21.4 Å². The van der Waals surface area contributed by atoms with Crippen LogP contribution in [0.15, 0.2) is 24.3 Å². The van der Waals surface area contributed by atoms with Crippen LogP contribution in [0.2, 0.25) is 18.1 Å². The fourth-order valence-electron chi connectivity index (χ4n) is 3.35. The number of non-ortho nitro benzene ring substituents is 1. The van der Waals surface area contributed by atoms with E-state index in [2.05, 4.69) is 39.2 Å². The Morgan fingerprint density at radius 1 is 1.31 bits per heavy atom. The number of amides is 2. The molecule has 1 aromatic rings. The van der Waals surface area contributed by atoms with Gasteiger partial charge in [0.25, 0.3) is 5.69 Å². The largest absolute Gasteiger partial charge is 0.445 e. The van der Waals surface area contributed by atoms with Crippen molar-refractivity contribution in [3.05, 3.63) is 39.9 Å². The zero-order valence-electron chi connectivity index (χ0n) is 20.9. The first-order chi connectivity index (χ1) is 16.3. The molecule has 0 aliphatic carbocycles. The van der Waals surface area contributed by atoms with Crippen molar-refractivity contribution in [1.29, 1.82) is 5.26 Å². The number of nitro groups is 1. The Morgan fingerprint density at radius 2 is 1.97 bits per heavy atom. The van der Waals surface area contributed by atoms with E-state index < -0.39 is 19.3 Å². The van der Waals surface area contributed by atoms with Gasteiger partial charge in [0.05, 0.1) is 22.8 Å². The molecule has 2 amide bonds. The van der Waals surface area contributed by atoms with Gasteiger partial charge in [-0.25, -0.2) is 4.79 Å². The number of nitriles is 1. The highest BCUT2D eigenvalue weighted by Crippen LogP contribution is 2.39. The molecule has 2 rings (SSSR count). The van der Waals surface area contributed by atoms with Crippen LogP contribution in [-0.2, 0) is 20.6 Å². The van der Waals surface area contributed by atoms with Gasteiger partial charge in [0.1, 0.15) is 13.2 Å². The van der Waals surface area contributed by atoms with Gasteiger partial charge in [-0.05, 0) is 42.2 Å². The molecule has 1 saturated heterocycles. The molecule has 0 bridgehead atoms. The molecule has 1 aromatic carbocycles. The molecule has 1 aliphatic rings. The van der Waals surface area contributed by atoms with Gasteiger partial charge in [-0.15, -0.1) is 11.8 Å². The van der Waals surface area contributed by atoms with Crippen LogP contribution in [0.25, 0.3) is 0 Å². The summed E-state index contributed by atoms with van der Waals surface area (Å²) in [6, 6.07) is 7.58. The highest BCUT2D eigenvalue weighted by atomic mass is 32.2. The predicted octanol–water partition coefficient (Wildman–Crippen LogP) is 4.07. The first-order valence-corrected chi connectivity index (χ1v) is 15.5. The van der Waals surface area contributed by atoms with Gasteiger partial charge in [-0.2, -0.15) is 5.26 Å². The Labute approximate surface area is 211 Å². The molecule has 192 valence electrons.